The van der Waals surface area contributed by atoms with Crippen LogP contribution in [0.2, 0.25) is 0 Å². The number of alkyl halides is 3. The van der Waals surface area contributed by atoms with Gasteiger partial charge >= 0.3 is 6.18 Å². The first-order valence-electron chi connectivity index (χ1n) is 8.87. The Labute approximate surface area is 157 Å². The Morgan fingerprint density at radius 1 is 1.15 bits per heavy atom. The molecule has 0 aliphatic carbocycles. The first kappa shape index (κ1) is 20.8. The largest absolute Gasteiger partial charge is 0.489 e. The number of benzene rings is 2. The van der Waals surface area contributed by atoms with E-state index in [0.717, 1.165) is 23.6 Å². The number of nitrogens with zero attached hydrogens (tertiary/aromatic N) is 1. The highest BCUT2D eigenvalue weighted by Gasteiger charge is 2.35. The first-order chi connectivity index (χ1) is 12.7. The van der Waals surface area contributed by atoms with Crippen LogP contribution >= 0.6 is 0 Å². The monoisotopic (exact) mass is 379 g/mol. The number of halogens is 3. The van der Waals surface area contributed by atoms with Gasteiger partial charge in [-0.1, -0.05) is 32.0 Å². The molecule has 0 saturated carbocycles. The maximum Gasteiger partial charge on any atom is 0.416 e. The number of hydrogen-bond donors (Lipinski definition) is 0. The molecule has 1 amide bonds. The van der Waals surface area contributed by atoms with Crippen LogP contribution in [0.4, 0.5) is 18.9 Å². The molecule has 0 atom stereocenters. The quantitative estimate of drug-likeness (QED) is 0.661. The van der Waals surface area contributed by atoms with Crippen LogP contribution in [-0.4, -0.2) is 13.0 Å². The van der Waals surface area contributed by atoms with Crippen molar-refractivity contribution >= 4 is 11.6 Å². The molecule has 27 heavy (non-hydrogen) atoms. The number of hydrogen-bond acceptors (Lipinski definition) is 2. The molecular weight excluding hydrogens is 355 g/mol. The van der Waals surface area contributed by atoms with E-state index in [4.69, 9.17) is 4.74 Å². The van der Waals surface area contributed by atoms with Crippen LogP contribution in [0.5, 0.6) is 5.75 Å². The van der Waals surface area contributed by atoms with Crippen LogP contribution in [0.3, 0.4) is 0 Å². The summed E-state index contributed by atoms with van der Waals surface area (Å²) in [5.41, 5.74) is 1.36. The molecule has 6 heteroatoms. The lowest BCUT2D eigenvalue weighted by Crippen LogP contribution is -2.27. The number of aryl methyl sites for hydroxylation is 2. The molecule has 3 nitrogen and oxygen atoms in total. The molecule has 0 aliphatic heterocycles. The predicted molar refractivity (Wildman–Crippen MR) is 100 cm³/mol. The zero-order valence-corrected chi connectivity index (χ0v) is 16.0. The standard InChI is InChI=1S/C21H24F3NO2/c1-5-15-10-11-19(14(3)12-15)27-13-16-17(21(22,23)24)8-7-9-18(16)25(4)20(26)6-2/h7-12H,5-6,13H2,1-4H3. The summed E-state index contributed by atoms with van der Waals surface area (Å²) in [5.74, 6) is 0.263. The Bertz CT molecular complexity index is 816. The Kier molecular flexibility index (Phi) is 6.52. The van der Waals surface area contributed by atoms with E-state index >= 15 is 0 Å². The van der Waals surface area contributed by atoms with Crippen molar-refractivity contribution in [3.63, 3.8) is 0 Å². The molecular formula is C21H24F3NO2. The fourth-order valence-electron chi connectivity index (χ4n) is 2.92. The molecule has 2 aromatic carbocycles. The summed E-state index contributed by atoms with van der Waals surface area (Å²) >= 11 is 0. The number of carbonyl (C=O) groups excluding carboxylic acids is 1. The van der Waals surface area contributed by atoms with E-state index in [1.54, 1.807) is 13.0 Å². The van der Waals surface area contributed by atoms with Crippen molar-refractivity contribution in [2.45, 2.75) is 46.4 Å². The lowest BCUT2D eigenvalue weighted by atomic mass is 10.0. The minimum absolute atomic E-state index is 0.0479. The zero-order chi connectivity index (χ0) is 20.2. The van der Waals surface area contributed by atoms with E-state index in [1.165, 1.54) is 24.1 Å². The summed E-state index contributed by atoms with van der Waals surface area (Å²) in [6.07, 6.45) is -3.47. The molecule has 0 unspecified atom stereocenters. The van der Waals surface area contributed by atoms with Gasteiger partial charge in [-0.15, -0.1) is 0 Å². The summed E-state index contributed by atoms with van der Waals surface area (Å²) in [4.78, 5) is 13.3. The van der Waals surface area contributed by atoms with Crippen molar-refractivity contribution in [3.8, 4) is 5.75 Å². The smallest absolute Gasteiger partial charge is 0.416 e. The molecule has 0 radical (unpaired) electrons. The second kappa shape index (κ2) is 8.46. The Balaban J connectivity index is 2.42. The number of anilines is 1. The Morgan fingerprint density at radius 2 is 1.85 bits per heavy atom. The van der Waals surface area contributed by atoms with E-state index < -0.39 is 11.7 Å². The molecule has 2 rings (SSSR count). The van der Waals surface area contributed by atoms with Crippen LogP contribution in [0.1, 0.15) is 42.5 Å². The van der Waals surface area contributed by atoms with E-state index in [9.17, 15) is 18.0 Å². The van der Waals surface area contributed by atoms with Gasteiger partial charge in [-0.3, -0.25) is 4.79 Å². The van der Waals surface area contributed by atoms with Crippen molar-refractivity contribution in [1.82, 2.24) is 0 Å². The van der Waals surface area contributed by atoms with Crippen LogP contribution in [0, 0.1) is 6.92 Å². The molecule has 0 N–H and O–H groups in total. The average molecular weight is 379 g/mol. The minimum atomic E-state index is -4.54. The summed E-state index contributed by atoms with van der Waals surface area (Å²) in [7, 11) is 1.48. The number of amides is 1. The van der Waals surface area contributed by atoms with Crippen LogP contribution in [-0.2, 0) is 24.0 Å². The molecule has 146 valence electrons. The second-order valence-corrected chi connectivity index (χ2v) is 6.35. The number of ether oxygens (including phenoxy) is 1. The summed E-state index contributed by atoms with van der Waals surface area (Å²) < 4.78 is 46.3. The molecule has 0 heterocycles. The minimum Gasteiger partial charge on any atom is -0.489 e. The fraction of sp³-hybridized carbons (Fsp3) is 0.381. The van der Waals surface area contributed by atoms with Crippen molar-refractivity contribution in [2.24, 2.45) is 0 Å². The summed E-state index contributed by atoms with van der Waals surface area (Å²) in [5, 5.41) is 0. The van der Waals surface area contributed by atoms with Crippen molar-refractivity contribution in [2.75, 3.05) is 11.9 Å². The van der Waals surface area contributed by atoms with Crippen LogP contribution < -0.4 is 9.64 Å². The Morgan fingerprint density at radius 3 is 2.41 bits per heavy atom. The average Bonchev–Trinajstić information content (AvgIpc) is 2.64. The highest BCUT2D eigenvalue weighted by Crippen LogP contribution is 2.37. The SMILES string of the molecule is CCC(=O)N(C)c1cccc(C(F)(F)F)c1COc1ccc(CC)cc1C. The maximum atomic E-state index is 13.5. The molecule has 0 aromatic heterocycles. The van der Waals surface area contributed by atoms with E-state index in [0.29, 0.717) is 5.75 Å². The van der Waals surface area contributed by atoms with Crippen LogP contribution in [0.25, 0.3) is 0 Å². The van der Waals surface area contributed by atoms with E-state index in [2.05, 4.69) is 0 Å². The molecule has 0 spiro atoms. The lowest BCUT2D eigenvalue weighted by molar-refractivity contribution is -0.138. The maximum absolute atomic E-state index is 13.5. The van der Waals surface area contributed by atoms with Gasteiger partial charge in [0.25, 0.3) is 0 Å². The lowest BCUT2D eigenvalue weighted by Gasteiger charge is -2.24. The predicted octanol–water partition coefficient (Wildman–Crippen LogP) is 5.53. The van der Waals surface area contributed by atoms with Gasteiger partial charge in [0.05, 0.1) is 11.3 Å². The summed E-state index contributed by atoms with van der Waals surface area (Å²) in [6, 6.07) is 9.45. The molecule has 2 aromatic rings. The summed E-state index contributed by atoms with van der Waals surface area (Å²) in [6.45, 7) is 5.28. The van der Waals surface area contributed by atoms with Gasteiger partial charge in [-0.2, -0.15) is 13.2 Å². The Hall–Kier alpha value is -2.50. The second-order valence-electron chi connectivity index (χ2n) is 6.35. The third-order valence-corrected chi connectivity index (χ3v) is 4.51. The third-order valence-electron chi connectivity index (χ3n) is 4.51. The van der Waals surface area contributed by atoms with E-state index in [1.807, 2.05) is 26.0 Å². The fourth-order valence-corrected chi connectivity index (χ4v) is 2.92. The van der Waals surface area contributed by atoms with Crippen molar-refractivity contribution in [1.29, 1.82) is 0 Å². The topological polar surface area (TPSA) is 29.5 Å². The van der Waals surface area contributed by atoms with Gasteiger partial charge in [0.1, 0.15) is 12.4 Å². The van der Waals surface area contributed by atoms with Crippen LogP contribution in [0.15, 0.2) is 36.4 Å². The van der Waals surface area contributed by atoms with Crippen molar-refractivity contribution in [3.05, 3.63) is 58.7 Å². The molecule has 0 aliphatic rings. The number of carbonyl (C=O) groups is 1. The first-order valence-corrected chi connectivity index (χ1v) is 8.87. The third kappa shape index (κ3) is 4.81. The zero-order valence-electron chi connectivity index (χ0n) is 16.0. The normalized spacial score (nSPS) is 11.4. The highest BCUT2D eigenvalue weighted by molar-refractivity contribution is 5.93. The molecule has 0 fully saturated rings. The van der Waals surface area contributed by atoms with Gasteiger partial charge in [-0.05, 0) is 42.7 Å². The number of rotatable bonds is 6. The van der Waals surface area contributed by atoms with Gasteiger partial charge < -0.3 is 9.64 Å². The van der Waals surface area contributed by atoms with Crippen molar-refractivity contribution < 1.29 is 22.7 Å². The van der Waals surface area contributed by atoms with E-state index in [-0.39, 0.29) is 30.2 Å². The van der Waals surface area contributed by atoms with Gasteiger partial charge in [0.2, 0.25) is 5.91 Å². The molecule has 0 bridgehead atoms. The van der Waals surface area contributed by atoms with Gasteiger partial charge in [0.15, 0.2) is 0 Å². The molecule has 0 saturated heterocycles. The highest BCUT2D eigenvalue weighted by atomic mass is 19.4. The van der Waals surface area contributed by atoms with Gasteiger partial charge in [-0.25, -0.2) is 0 Å². The van der Waals surface area contributed by atoms with Gasteiger partial charge in [0, 0.05) is 19.0 Å².